The molecular formula is C25H23N5O2. The van der Waals surface area contributed by atoms with Gasteiger partial charge < -0.3 is 14.5 Å². The second kappa shape index (κ2) is 8.93. The Bertz CT molecular complexity index is 1310. The lowest BCUT2D eigenvalue weighted by atomic mass is 10.1. The van der Waals surface area contributed by atoms with Crippen molar-refractivity contribution < 1.29 is 9.47 Å². The Kier molecular flexibility index (Phi) is 5.53. The molecule has 2 heterocycles. The minimum Gasteiger partial charge on any atom is -0.493 e. The summed E-state index contributed by atoms with van der Waals surface area (Å²) in [5.74, 6) is 2.19. The number of H-pyrrole nitrogens is 1. The average Bonchev–Trinajstić information content (AvgIpc) is 3.52. The molecule has 0 unspecified atom stereocenters. The number of ether oxygens (including phenoxy) is 2. The maximum absolute atomic E-state index is 6.07. The summed E-state index contributed by atoms with van der Waals surface area (Å²) in [6, 6.07) is 22.2. The largest absolute Gasteiger partial charge is 0.493 e. The number of aryl methyl sites for hydroxylation is 1. The Morgan fingerprint density at radius 1 is 0.969 bits per heavy atom. The highest BCUT2D eigenvalue weighted by atomic mass is 16.5. The van der Waals surface area contributed by atoms with Crippen LogP contribution in [0, 0.1) is 0 Å². The highest BCUT2D eigenvalue weighted by Gasteiger charge is 2.11. The van der Waals surface area contributed by atoms with Crippen LogP contribution in [0.25, 0.3) is 28.1 Å². The van der Waals surface area contributed by atoms with E-state index >= 15 is 0 Å². The lowest BCUT2D eigenvalue weighted by Crippen LogP contribution is -2.01. The Balaban J connectivity index is 1.34. The Morgan fingerprint density at radius 2 is 1.88 bits per heavy atom. The molecule has 5 rings (SSSR count). The van der Waals surface area contributed by atoms with Crippen LogP contribution in [0.4, 0.5) is 0 Å². The van der Waals surface area contributed by atoms with Crippen molar-refractivity contribution in [3.8, 4) is 28.6 Å². The molecule has 7 heteroatoms. The van der Waals surface area contributed by atoms with E-state index in [0.717, 1.165) is 41.0 Å². The van der Waals surface area contributed by atoms with E-state index in [1.165, 1.54) is 11.9 Å². The van der Waals surface area contributed by atoms with Crippen LogP contribution < -0.4 is 9.47 Å². The van der Waals surface area contributed by atoms with Gasteiger partial charge in [-0.15, -0.1) is 0 Å². The number of aromatic nitrogens is 5. The SMILES string of the molecule is COc1ccc(-c2nc3ccc(-n4cncn4)cc3[nH]2)cc1OCCCc1ccccc1. The molecule has 0 fully saturated rings. The molecule has 0 spiro atoms. The number of methoxy groups -OCH3 is 1. The quantitative estimate of drug-likeness (QED) is 0.360. The van der Waals surface area contributed by atoms with Gasteiger partial charge in [-0.2, -0.15) is 5.10 Å². The van der Waals surface area contributed by atoms with Gasteiger partial charge in [-0.1, -0.05) is 30.3 Å². The van der Waals surface area contributed by atoms with E-state index in [1.807, 2.05) is 42.5 Å². The predicted molar refractivity (Wildman–Crippen MR) is 123 cm³/mol. The minimum absolute atomic E-state index is 0.607. The van der Waals surface area contributed by atoms with E-state index in [0.29, 0.717) is 18.1 Å². The smallest absolute Gasteiger partial charge is 0.161 e. The number of fused-ring (bicyclic) bond motifs is 1. The van der Waals surface area contributed by atoms with E-state index < -0.39 is 0 Å². The first-order valence-corrected chi connectivity index (χ1v) is 10.5. The molecule has 0 aliphatic heterocycles. The summed E-state index contributed by atoms with van der Waals surface area (Å²) in [6.07, 6.45) is 5.08. The van der Waals surface area contributed by atoms with Gasteiger partial charge in [0, 0.05) is 5.56 Å². The maximum Gasteiger partial charge on any atom is 0.161 e. The molecular weight excluding hydrogens is 402 g/mol. The van der Waals surface area contributed by atoms with Gasteiger partial charge >= 0.3 is 0 Å². The van der Waals surface area contributed by atoms with Crippen LogP contribution in [0.15, 0.2) is 79.4 Å². The van der Waals surface area contributed by atoms with Crippen molar-refractivity contribution in [3.63, 3.8) is 0 Å². The molecule has 0 radical (unpaired) electrons. The second-order valence-electron chi connectivity index (χ2n) is 7.43. The highest BCUT2D eigenvalue weighted by Crippen LogP contribution is 2.32. The van der Waals surface area contributed by atoms with E-state index in [4.69, 9.17) is 14.5 Å². The standard InChI is InChI=1S/C25H23N5O2/c1-31-23-12-9-19(14-24(23)32-13-5-8-18-6-3-2-4-7-18)25-28-21-11-10-20(15-22(21)29-25)30-17-26-16-27-30/h2-4,6-7,9-12,14-17H,5,8,13H2,1H3,(H,28,29). The van der Waals surface area contributed by atoms with Crippen LogP contribution >= 0.6 is 0 Å². The number of benzene rings is 3. The molecule has 3 aromatic carbocycles. The van der Waals surface area contributed by atoms with E-state index in [-0.39, 0.29) is 0 Å². The number of aromatic amines is 1. The maximum atomic E-state index is 6.07. The Labute approximate surface area is 185 Å². The molecule has 2 aromatic heterocycles. The van der Waals surface area contributed by atoms with Crippen LogP contribution in [0.2, 0.25) is 0 Å². The van der Waals surface area contributed by atoms with Crippen molar-refractivity contribution in [1.29, 1.82) is 0 Å². The van der Waals surface area contributed by atoms with Crippen molar-refractivity contribution >= 4 is 11.0 Å². The topological polar surface area (TPSA) is 77.9 Å². The fourth-order valence-corrected chi connectivity index (χ4v) is 3.66. The molecule has 1 N–H and O–H groups in total. The van der Waals surface area contributed by atoms with Gasteiger partial charge in [0.05, 0.1) is 30.4 Å². The number of rotatable bonds is 8. The summed E-state index contributed by atoms with van der Waals surface area (Å²) in [7, 11) is 1.65. The van der Waals surface area contributed by atoms with Gasteiger partial charge in [-0.05, 0) is 54.8 Å². The Hall–Kier alpha value is -4.13. The van der Waals surface area contributed by atoms with Crippen molar-refractivity contribution in [2.75, 3.05) is 13.7 Å². The van der Waals surface area contributed by atoms with Crippen LogP contribution in [0.1, 0.15) is 12.0 Å². The fourth-order valence-electron chi connectivity index (χ4n) is 3.66. The molecule has 0 amide bonds. The van der Waals surface area contributed by atoms with Gasteiger partial charge in [0.15, 0.2) is 11.5 Å². The average molecular weight is 425 g/mol. The molecule has 0 saturated heterocycles. The third kappa shape index (κ3) is 4.18. The van der Waals surface area contributed by atoms with Gasteiger partial charge in [-0.3, -0.25) is 0 Å². The number of nitrogens with one attached hydrogen (secondary N) is 1. The molecule has 0 aliphatic carbocycles. The lowest BCUT2D eigenvalue weighted by molar-refractivity contribution is 0.289. The first kappa shape index (κ1) is 19.8. The zero-order valence-corrected chi connectivity index (χ0v) is 17.7. The number of hydrogen-bond donors (Lipinski definition) is 1. The van der Waals surface area contributed by atoms with Crippen LogP contribution in [0.3, 0.4) is 0 Å². The lowest BCUT2D eigenvalue weighted by Gasteiger charge is -2.12. The normalized spacial score (nSPS) is 11.0. The van der Waals surface area contributed by atoms with E-state index in [1.54, 1.807) is 18.1 Å². The van der Waals surface area contributed by atoms with E-state index in [9.17, 15) is 0 Å². The molecule has 7 nitrogen and oxygen atoms in total. The second-order valence-corrected chi connectivity index (χ2v) is 7.43. The van der Waals surface area contributed by atoms with Crippen LogP contribution in [-0.2, 0) is 6.42 Å². The summed E-state index contributed by atoms with van der Waals surface area (Å²) >= 11 is 0. The first-order valence-electron chi connectivity index (χ1n) is 10.5. The van der Waals surface area contributed by atoms with Gasteiger partial charge in [0.2, 0.25) is 0 Å². The predicted octanol–water partition coefficient (Wildman–Crippen LogP) is 4.83. The summed E-state index contributed by atoms with van der Waals surface area (Å²) in [5, 5.41) is 4.18. The minimum atomic E-state index is 0.607. The molecule has 0 atom stereocenters. The fraction of sp³-hybridized carbons (Fsp3) is 0.160. The zero-order valence-electron chi connectivity index (χ0n) is 17.7. The monoisotopic (exact) mass is 425 g/mol. The molecule has 160 valence electrons. The first-order chi connectivity index (χ1) is 15.8. The highest BCUT2D eigenvalue weighted by molar-refractivity contribution is 5.81. The number of imidazole rings is 1. The molecule has 0 bridgehead atoms. The van der Waals surface area contributed by atoms with Gasteiger partial charge in [0.25, 0.3) is 0 Å². The van der Waals surface area contributed by atoms with Crippen molar-refractivity contribution in [2.24, 2.45) is 0 Å². The number of hydrogen-bond acceptors (Lipinski definition) is 5. The van der Waals surface area contributed by atoms with Crippen molar-refractivity contribution in [2.45, 2.75) is 12.8 Å². The summed E-state index contributed by atoms with van der Waals surface area (Å²) in [5.41, 5.74) is 4.97. The van der Waals surface area contributed by atoms with Gasteiger partial charge in [0.1, 0.15) is 18.5 Å². The molecule has 5 aromatic rings. The molecule has 0 aliphatic rings. The molecule has 0 saturated carbocycles. The molecule has 32 heavy (non-hydrogen) atoms. The van der Waals surface area contributed by atoms with Crippen molar-refractivity contribution in [3.05, 3.63) is 84.9 Å². The van der Waals surface area contributed by atoms with Crippen LogP contribution in [0.5, 0.6) is 11.5 Å². The summed E-state index contributed by atoms with van der Waals surface area (Å²) < 4.78 is 13.3. The van der Waals surface area contributed by atoms with Gasteiger partial charge in [-0.25, -0.2) is 14.6 Å². The van der Waals surface area contributed by atoms with Crippen LogP contribution in [-0.4, -0.2) is 38.4 Å². The summed E-state index contributed by atoms with van der Waals surface area (Å²) in [6.45, 7) is 0.607. The van der Waals surface area contributed by atoms with E-state index in [2.05, 4.69) is 39.3 Å². The third-order valence-electron chi connectivity index (χ3n) is 5.30. The zero-order chi connectivity index (χ0) is 21.8. The summed E-state index contributed by atoms with van der Waals surface area (Å²) in [4.78, 5) is 12.1. The Morgan fingerprint density at radius 3 is 2.69 bits per heavy atom. The van der Waals surface area contributed by atoms with Crippen molar-refractivity contribution in [1.82, 2.24) is 24.7 Å². The third-order valence-corrected chi connectivity index (χ3v) is 5.30. The number of nitrogens with zero attached hydrogens (tertiary/aromatic N) is 4.